The van der Waals surface area contributed by atoms with E-state index in [1.165, 1.54) is 0 Å². The lowest BCUT2D eigenvalue weighted by Gasteiger charge is -2.20. The maximum atomic E-state index is 10.4. The summed E-state index contributed by atoms with van der Waals surface area (Å²) in [6.07, 6.45) is 0.178. The fourth-order valence-electron chi connectivity index (χ4n) is 2.12. The average molecular weight is 241 g/mol. The van der Waals surface area contributed by atoms with Crippen LogP contribution in [0.1, 0.15) is 17.2 Å². The third kappa shape index (κ3) is 2.90. The van der Waals surface area contributed by atoms with Crippen molar-refractivity contribution in [3.05, 3.63) is 65.7 Å². The molecular weight excluding hydrogens is 222 g/mol. The van der Waals surface area contributed by atoms with Gasteiger partial charge in [-0.1, -0.05) is 48.5 Å². The van der Waals surface area contributed by atoms with Gasteiger partial charge in [-0.05, 0) is 11.6 Å². The minimum atomic E-state index is -0.467. The van der Waals surface area contributed by atoms with Crippen LogP contribution in [0.5, 0.6) is 0 Å². The number of nitrogens with zero attached hydrogens (tertiary/aromatic N) is 1. The molecule has 0 aliphatic heterocycles. The summed E-state index contributed by atoms with van der Waals surface area (Å²) in [5.74, 6) is 0. The molecular formula is C16H19NO. The number of hydrogen-bond donors (Lipinski definition) is 1. The van der Waals surface area contributed by atoms with Gasteiger partial charge in [0.1, 0.15) is 0 Å². The fourth-order valence-corrected chi connectivity index (χ4v) is 2.12. The lowest BCUT2D eigenvalue weighted by atomic mass is 9.99. The van der Waals surface area contributed by atoms with Crippen molar-refractivity contribution in [3.8, 4) is 0 Å². The molecule has 2 aromatic carbocycles. The van der Waals surface area contributed by atoms with Crippen LogP contribution in [-0.2, 0) is 6.42 Å². The Hall–Kier alpha value is -1.80. The molecule has 2 aromatic rings. The number of aliphatic hydroxyl groups excluding tert-OH is 1. The van der Waals surface area contributed by atoms with Gasteiger partial charge in [0.25, 0.3) is 0 Å². The minimum Gasteiger partial charge on any atom is -0.388 e. The van der Waals surface area contributed by atoms with Crippen molar-refractivity contribution < 1.29 is 5.11 Å². The normalized spacial score (nSPS) is 12.2. The molecule has 0 saturated heterocycles. The van der Waals surface area contributed by atoms with Crippen molar-refractivity contribution in [1.82, 2.24) is 0 Å². The highest BCUT2D eigenvalue weighted by Gasteiger charge is 2.13. The van der Waals surface area contributed by atoms with E-state index in [4.69, 9.17) is 0 Å². The van der Waals surface area contributed by atoms with Crippen molar-refractivity contribution in [2.45, 2.75) is 12.5 Å². The fraction of sp³-hybridized carbons (Fsp3) is 0.250. The van der Waals surface area contributed by atoms with E-state index in [2.05, 4.69) is 0 Å². The summed E-state index contributed by atoms with van der Waals surface area (Å²) in [4.78, 5) is 2.03. The lowest BCUT2D eigenvalue weighted by molar-refractivity contribution is 0.179. The smallest absolute Gasteiger partial charge is 0.0850 e. The highest BCUT2D eigenvalue weighted by molar-refractivity contribution is 5.53. The molecule has 0 aliphatic rings. The van der Waals surface area contributed by atoms with Crippen LogP contribution >= 0.6 is 0 Å². The van der Waals surface area contributed by atoms with Crippen molar-refractivity contribution in [1.29, 1.82) is 0 Å². The van der Waals surface area contributed by atoms with Crippen LogP contribution in [0, 0.1) is 0 Å². The van der Waals surface area contributed by atoms with Crippen LogP contribution in [0.3, 0.4) is 0 Å². The van der Waals surface area contributed by atoms with Crippen LogP contribution < -0.4 is 4.90 Å². The Labute approximate surface area is 109 Å². The second kappa shape index (κ2) is 5.69. The summed E-state index contributed by atoms with van der Waals surface area (Å²) in [6.45, 7) is 0. The molecule has 1 N–H and O–H groups in total. The first-order valence-electron chi connectivity index (χ1n) is 6.16. The van der Waals surface area contributed by atoms with E-state index in [0.717, 1.165) is 16.8 Å². The molecule has 0 radical (unpaired) electrons. The zero-order valence-corrected chi connectivity index (χ0v) is 10.9. The largest absolute Gasteiger partial charge is 0.388 e. The molecule has 2 nitrogen and oxygen atoms in total. The Morgan fingerprint density at radius 2 is 1.56 bits per heavy atom. The van der Waals surface area contributed by atoms with E-state index in [1.807, 2.05) is 73.6 Å². The number of para-hydroxylation sites is 1. The predicted molar refractivity (Wildman–Crippen MR) is 75.9 cm³/mol. The average Bonchev–Trinajstić information content (AvgIpc) is 2.40. The Morgan fingerprint density at radius 3 is 2.22 bits per heavy atom. The van der Waals surface area contributed by atoms with Gasteiger partial charge in [-0.15, -0.1) is 0 Å². The quantitative estimate of drug-likeness (QED) is 0.889. The molecule has 0 amide bonds. The van der Waals surface area contributed by atoms with Gasteiger partial charge in [0.2, 0.25) is 0 Å². The molecule has 2 rings (SSSR count). The maximum Gasteiger partial charge on any atom is 0.0850 e. The first kappa shape index (κ1) is 12.7. The van der Waals surface area contributed by atoms with Gasteiger partial charge in [-0.2, -0.15) is 0 Å². The number of hydrogen-bond acceptors (Lipinski definition) is 2. The third-order valence-corrected chi connectivity index (χ3v) is 3.05. The summed E-state index contributed by atoms with van der Waals surface area (Å²) in [7, 11) is 3.99. The molecule has 0 unspecified atom stereocenters. The van der Waals surface area contributed by atoms with E-state index in [-0.39, 0.29) is 0 Å². The second-order valence-electron chi connectivity index (χ2n) is 4.66. The highest BCUT2D eigenvalue weighted by Crippen LogP contribution is 2.27. The maximum absolute atomic E-state index is 10.4. The van der Waals surface area contributed by atoms with Crippen LogP contribution in [0.15, 0.2) is 54.6 Å². The van der Waals surface area contributed by atoms with Gasteiger partial charge in [0.15, 0.2) is 0 Å². The minimum absolute atomic E-state index is 0.467. The molecule has 0 spiro atoms. The summed E-state index contributed by atoms with van der Waals surface area (Å²) in [5, 5.41) is 10.4. The number of benzene rings is 2. The molecule has 2 heteroatoms. The second-order valence-corrected chi connectivity index (χ2v) is 4.66. The standard InChI is InChI=1S/C16H19NO/c1-17(2)15-11-7-6-10-14(15)16(18)12-13-8-4-3-5-9-13/h3-11,16,18H,12H2,1-2H3/t16-/m0/s1. The van der Waals surface area contributed by atoms with E-state index >= 15 is 0 Å². The Bertz CT molecular complexity index is 493. The topological polar surface area (TPSA) is 23.5 Å². The Morgan fingerprint density at radius 1 is 0.944 bits per heavy atom. The molecule has 0 heterocycles. The van der Waals surface area contributed by atoms with Crippen molar-refractivity contribution in [2.75, 3.05) is 19.0 Å². The summed E-state index contributed by atoms with van der Waals surface area (Å²) in [6, 6.07) is 18.1. The van der Waals surface area contributed by atoms with Gasteiger partial charge in [-0.25, -0.2) is 0 Å². The molecule has 0 bridgehead atoms. The Kier molecular flexibility index (Phi) is 4.00. The lowest BCUT2D eigenvalue weighted by Crippen LogP contribution is -2.14. The molecule has 0 saturated carbocycles. The number of anilines is 1. The predicted octanol–water partition coefficient (Wildman–Crippen LogP) is 3.03. The van der Waals surface area contributed by atoms with Gasteiger partial charge in [0.05, 0.1) is 6.10 Å². The number of aliphatic hydroxyl groups is 1. The first-order chi connectivity index (χ1) is 8.68. The van der Waals surface area contributed by atoms with Crippen LogP contribution in [0.2, 0.25) is 0 Å². The Balaban J connectivity index is 2.21. The molecule has 0 aliphatic carbocycles. The zero-order valence-electron chi connectivity index (χ0n) is 10.9. The molecule has 18 heavy (non-hydrogen) atoms. The van der Waals surface area contributed by atoms with Gasteiger partial charge in [-0.3, -0.25) is 0 Å². The van der Waals surface area contributed by atoms with Crippen LogP contribution in [0.4, 0.5) is 5.69 Å². The van der Waals surface area contributed by atoms with E-state index in [0.29, 0.717) is 6.42 Å². The summed E-state index contributed by atoms with van der Waals surface area (Å²) < 4.78 is 0. The van der Waals surface area contributed by atoms with Crippen LogP contribution in [-0.4, -0.2) is 19.2 Å². The zero-order chi connectivity index (χ0) is 13.0. The molecule has 1 atom stereocenters. The summed E-state index contributed by atoms with van der Waals surface area (Å²) in [5.41, 5.74) is 3.20. The van der Waals surface area contributed by atoms with E-state index in [1.54, 1.807) is 0 Å². The third-order valence-electron chi connectivity index (χ3n) is 3.05. The van der Waals surface area contributed by atoms with E-state index in [9.17, 15) is 5.11 Å². The molecule has 0 aromatic heterocycles. The van der Waals surface area contributed by atoms with Gasteiger partial charge in [0, 0.05) is 31.8 Å². The molecule has 94 valence electrons. The van der Waals surface area contributed by atoms with Crippen molar-refractivity contribution in [3.63, 3.8) is 0 Å². The monoisotopic (exact) mass is 241 g/mol. The SMILES string of the molecule is CN(C)c1ccccc1[C@@H](O)Cc1ccccc1. The molecule has 0 fully saturated rings. The van der Waals surface area contributed by atoms with Crippen molar-refractivity contribution in [2.24, 2.45) is 0 Å². The summed E-state index contributed by atoms with van der Waals surface area (Å²) >= 11 is 0. The van der Waals surface area contributed by atoms with Gasteiger partial charge < -0.3 is 10.0 Å². The first-order valence-corrected chi connectivity index (χ1v) is 6.16. The number of rotatable bonds is 4. The van der Waals surface area contributed by atoms with Crippen molar-refractivity contribution >= 4 is 5.69 Å². The van der Waals surface area contributed by atoms with Crippen LogP contribution in [0.25, 0.3) is 0 Å². The van der Waals surface area contributed by atoms with E-state index < -0.39 is 6.10 Å². The van der Waals surface area contributed by atoms with Gasteiger partial charge >= 0.3 is 0 Å². The highest BCUT2D eigenvalue weighted by atomic mass is 16.3.